The number of para-hydroxylation sites is 4. The second kappa shape index (κ2) is 12.3. The largest absolute Gasteiger partial charge is 0.309 e. The van der Waals surface area contributed by atoms with E-state index in [0.717, 1.165) is 65.8 Å². The van der Waals surface area contributed by atoms with Gasteiger partial charge in [-0.15, -0.1) is 0 Å². The Morgan fingerprint density at radius 2 is 0.789 bits per heavy atom. The zero-order valence-corrected chi connectivity index (χ0v) is 29.9. The Bertz CT molecular complexity index is 3980. The number of benzene rings is 8. The fourth-order valence-electron chi connectivity index (χ4n) is 8.29. The molecule has 6 heteroatoms. The molecule has 0 fully saturated rings. The molecule has 0 saturated heterocycles. The van der Waals surface area contributed by atoms with E-state index in [2.05, 4.69) is 86.9 Å². The van der Waals surface area contributed by atoms with Crippen LogP contribution in [-0.2, 0) is 0 Å². The Balaban J connectivity index is 1.19. The van der Waals surface area contributed by atoms with Gasteiger partial charge in [-0.05, 0) is 54.6 Å². The molecule has 0 radical (unpaired) electrons. The molecule has 12 aromatic rings. The minimum atomic E-state index is -0.614. The monoisotopic (exact) mass is 738 g/mol. The van der Waals surface area contributed by atoms with Crippen molar-refractivity contribution in [1.29, 1.82) is 0 Å². The standard InChI is InChI=1S/C51H32N6/c1-4-16-33(17-5-1)49-52-50(34-18-6-2-7-19-34)54-51(53-49)57-45-27-15-12-24-39(45)42-31-41-38-23-11-14-26-44(38)56(47(41)32-48(42)57)36-28-29-40-37-22-10-13-25-43(37)55(46(40)30-36)35-20-8-3-9-21-35/h1-32H/i1D,2D,4D,5D,6D,7D,16D,17D,18D,19D. The molecule has 0 saturated carbocycles. The van der Waals surface area contributed by atoms with Crippen molar-refractivity contribution in [3.8, 4) is 40.1 Å². The van der Waals surface area contributed by atoms with E-state index in [-0.39, 0.29) is 28.7 Å². The van der Waals surface area contributed by atoms with E-state index in [1.807, 2.05) is 60.7 Å². The van der Waals surface area contributed by atoms with E-state index in [4.69, 9.17) is 23.7 Å². The molecule has 266 valence electrons. The smallest absolute Gasteiger partial charge is 0.238 e. The minimum Gasteiger partial charge on any atom is -0.309 e. The Labute approximate surface area is 341 Å². The Hall–Kier alpha value is -7.83. The quantitative estimate of drug-likeness (QED) is 0.177. The maximum absolute atomic E-state index is 8.89. The maximum Gasteiger partial charge on any atom is 0.238 e. The van der Waals surface area contributed by atoms with Crippen molar-refractivity contribution in [2.45, 2.75) is 0 Å². The van der Waals surface area contributed by atoms with Gasteiger partial charge in [-0.25, -0.2) is 4.98 Å². The van der Waals surface area contributed by atoms with Crippen LogP contribution in [0.1, 0.15) is 13.7 Å². The van der Waals surface area contributed by atoms with Crippen molar-refractivity contribution in [2.75, 3.05) is 0 Å². The van der Waals surface area contributed by atoms with Crippen molar-refractivity contribution in [2.24, 2.45) is 0 Å². The van der Waals surface area contributed by atoms with Crippen LogP contribution < -0.4 is 0 Å². The van der Waals surface area contributed by atoms with Gasteiger partial charge in [0.25, 0.3) is 0 Å². The molecule has 0 aliphatic heterocycles. The predicted octanol–water partition coefficient (Wildman–Crippen LogP) is 12.5. The van der Waals surface area contributed by atoms with Crippen LogP contribution in [0.4, 0.5) is 0 Å². The molecule has 0 unspecified atom stereocenters. The molecule has 0 atom stereocenters. The summed E-state index contributed by atoms with van der Waals surface area (Å²) in [6.45, 7) is 0. The first-order chi connectivity index (χ1) is 32.4. The SMILES string of the molecule is [2H]c1c([2H])c([2H])c(-c2nc(-c3c([2H])c([2H])c([2H])c([2H])c3[2H])nc(-n3c4ccccc4c4cc5c6ccccc6n(-c6ccc7c8ccccc8n(-c8ccccc8)c7c6)c5cc43)n2)c([2H])c1[2H]. The molecule has 0 bridgehead atoms. The van der Waals surface area contributed by atoms with Gasteiger partial charge in [-0.1, -0.05) is 139 Å². The van der Waals surface area contributed by atoms with Crippen LogP contribution in [0.5, 0.6) is 0 Å². The van der Waals surface area contributed by atoms with Crippen molar-refractivity contribution >= 4 is 65.4 Å². The van der Waals surface area contributed by atoms with Crippen LogP contribution >= 0.6 is 0 Å². The Morgan fingerprint density at radius 3 is 1.39 bits per heavy atom. The molecule has 4 aromatic heterocycles. The summed E-state index contributed by atoms with van der Waals surface area (Å²) >= 11 is 0. The van der Waals surface area contributed by atoms with E-state index in [1.54, 1.807) is 4.57 Å². The molecule has 57 heavy (non-hydrogen) atoms. The molecule has 0 spiro atoms. The average molecular weight is 739 g/mol. The summed E-state index contributed by atoms with van der Waals surface area (Å²) in [7, 11) is 0. The van der Waals surface area contributed by atoms with Gasteiger partial charge in [0.2, 0.25) is 5.95 Å². The summed E-state index contributed by atoms with van der Waals surface area (Å²) in [6, 6.07) is 39.2. The van der Waals surface area contributed by atoms with Crippen LogP contribution in [0, 0.1) is 0 Å². The van der Waals surface area contributed by atoms with E-state index in [1.165, 1.54) is 0 Å². The van der Waals surface area contributed by atoms with Gasteiger partial charge in [-0.3, -0.25) is 4.57 Å². The highest BCUT2D eigenvalue weighted by atomic mass is 15.2. The predicted molar refractivity (Wildman–Crippen MR) is 234 cm³/mol. The fourth-order valence-corrected chi connectivity index (χ4v) is 8.29. The first-order valence-electron chi connectivity index (χ1n) is 23.4. The van der Waals surface area contributed by atoms with Gasteiger partial charge in [-0.2, -0.15) is 9.97 Å². The van der Waals surface area contributed by atoms with Crippen LogP contribution in [0.3, 0.4) is 0 Å². The van der Waals surface area contributed by atoms with E-state index >= 15 is 0 Å². The number of nitrogens with zero attached hydrogens (tertiary/aromatic N) is 6. The first-order valence-corrected chi connectivity index (χ1v) is 18.4. The number of rotatable bonds is 5. The van der Waals surface area contributed by atoms with Crippen LogP contribution in [0.2, 0.25) is 0 Å². The highest BCUT2D eigenvalue weighted by Gasteiger charge is 2.22. The summed E-state index contributed by atoms with van der Waals surface area (Å²) in [5.41, 5.74) is 6.48. The highest BCUT2D eigenvalue weighted by Crippen LogP contribution is 2.41. The van der Waals surface area contributed by atoms with E-state index in [9.17, 15) is 0 Å². The van der Waals surface area contributed by atoms with Crippen LogP contribution in [0.15, 0.2) is 194 Å². The van der Waals surface area contributed by atoms with Gasteiger partial charge in [0.15, 0.2) is 11.6 Å². The molecule has 0 N–H and O–H groups in total. The van der Waals surface area contributed by atoms with Gasteiger partial charge in [0.05, 0.1) is 46.8 Å². The molecular weight excluding hydrogens is 697 g/mol. The minimum absolute atomic E-state index is 0.0689. The van der Waals surface area contributed by atoms with Gasteiger partial charge < -0.3 is 9.13 Å². The van der Waals surface area contributed by atoms with Crippen molar-refractivity contribution in [3.05, 3.63) is 194 Å². The molecule has 0 aliphatic rings. The van der Waals surface area contributed by atoms with Crippen LogP contribution in [0.25, 0.3) is 106 Å². The zero-order chi connectivity index (χ0) is 46.2. The van der Waals surface area contributed by atoms with Crippen molar-refractivity contribution < 1.29 is 13.7 Å². The Kier molecular flexibility index (Phi) is 5.02. The van der Waals surface area contributed by atoms with Crippen molar-refractivity contribution in [3.63, 3.8) is 0 Å². The molecule has 12 rings (SSSR count). The normalized spacial score (nSPS) is 14.3. The Morgan fingerprint density at radius 1 is 0.333 bits per heavy atom. The lowest BCUT2D eigenvalue weighted by atomic mass is 10.1. The second-order valence-corrected chi connectivity index (χ2v) is 13.8. The van der Waals surface area contributed by atoms with Gasteiger partial charge in [0, 0.05) is 54.8 Å². The average Bonchev–Trinajstić information content (AvgIpc) is 3.98. The fraction of sp³-hybridized carbons (Fsp3) is 0. The number of aromatic nitrogens is 6. The molecule has 0 amide bonds. The second-order valence-electron chi connectivity index (χ2n) is 13.8. The lowest BCUT2D eigenvalue weighted by Gasteiger charge is -2.12. The topological polar surface area (TPSA) is 53.5 Å². The molecule has 8 aromatic carbocycles. The zero-order valence-electron chi connectivity index (χ0n) is 39.9. The summed E-state index contributed by atoms with van der Waals surface area (Å²) in [6.07, 6.45) is 0. The molecular formula is C51H32N6. The summed E-state index contributed by atoms with van der Waals surface area (Å²) in [5, 5.41) is 5.90. The third-order valence-electron chi connectivity index (χ3n) is 10.7. The van der Waals surface area contributed by atoms with E-state index in [0.29, 0.717) is 11.0 Å². The third kappa shape index (κ3) is 4.81. The molecule has 4 heterocycles. The van der Waals surface area contributed by atoms with Crippen molar-refractivity contribution in [1.82, 2.24) is 28.7 Å². The highest BCUT2D eigenvalue weighted by molar-refractivity contribution is 6.19. The lowest BCUT2D eigenvalue weighted by Crippen LogP contribution is -2.06. The van der Waals surface area contributed by atoms with E-state index < -0.39 is 60.4 Å². The molecule has 0 aliphatic carbocycles. The third-order valence-corrected chi connectivity index (χ3v) is 10.7. The summed E-state index contributed by atoms with van der Waals surface area (Å²) in [5.74, 6) is -0.750. The number of hydrogen-bond donors (Lipinski definition) is 0. The maximum atomic E-state index is 8.89. The number of fused-ring (bicyclic) bond motifs is 9. The molecule has 6 nitrogen and oxygen atoms in total. The summed E-state index contributed by atoms with van der Waals surface area (Å²) in [4.78, 5) is 14.2. The van der Waals surface area contributed by atoms with Gasteiger partial charge >= 0.3 is 0 Å². The van der Waals surface area contributed by atoms with Crippen LogP contribution in [-0.4, -0.2) is 28.7 Å². The number of hydrogen-bond acceptors (Lipinski definition) is 3. The lowest BCUT2D eigenvalue weighted by molar-refractivity contribution is 0.953. The summed E-state index contributed by atoms with van der Waals surface area (Å²) < 4.78 is 92.3. The van der Waals surface area contributed by atoms with Gasteiger partial charge in [0.1, 0.15) is 0 Å². The first kappa shape index (κ1) is 23.2.